The molecule has 6 heteroatoms. The molecule has 0 saturated heterocycles. The summed E-state index contributed by atoms with van der Waals surface area (Å²) in [6.45, 7) is 0.243. The Morgan fingerprint density at radius 2 is 1.82 bits per heavy atom. The standard InChI is InChI=1S/C22H19FN2O3/c1-27-21-12-7-16(14-24-25-22(26)17-5-3-2-4-6-17)13-18(21)15-28-20-10-8-19(23)9-11-20/h2-14H,15H2,1H3,(H,25,26). The maximum absolute atomic E-state index is 13.0. The molecule has 3 rings (SSSR count). The van der Waals surface area contributed by atoms with Crippen LogP contribution in [0.15, 0.2) is 77.9 Å². The number of hydrogen-bond donors (Lipinski definition) is 1. The number of rotatable bonds is 7. The number of hydrogen-bond acceptors (Lipinski definition) is 4. The molecule has 28 heavy (non-hydrogen) atoms. The summed E-state index contributed by atoms with van der Waals surface area (Å²) < 4.78 is 24.0. The molecule has 1 amide bonds. The number of ether oxygens (including phenoxy) is 2. The van der Waals surface area contributed by atoms with Crippen molar-refractivity contribution in [1.29, 1.82) is 0 Å². The first-order valence-electron chi connectivity index (χ1n) is 8.59. The van der Waals surface area contributed by atoms with Gasteiger partial charge in [-0.3, -0.25) is 4.79 Å². The fourth-order valence-corrected chi connectivity index (χ4v) is 2.50. The van der Waals surface area contributed by atoms with Crippen molar-refractivity contribution in [1.82, 2.24) is 5.43 Å². The summed E-state index contributed by atoms with van der Waals surface area (Å²) in [6, 6.07) is 20.1. The van der Waals surface area contributed by atoms with Gasteiger partial charge in [-0.2, -0.15) is 5.10 Å². The summed E-state index contributed by atoms with van der Waals surface area (Å²) >= 11 is 0. The van der Waals surface area contributed by atoms with Crippen molar-refractivity contribution in [3.63, 3.8) is 0 Å². The van der Waals surface area contributed by atoms with Gasteiger partial charge in [0.2, 0.25) is 0 Å². The zero-order valence-electron chi connectivity index (χ0n) is 15.3. The van der Waals surface area contributed by atoms with Crippen LogP contribution in [0.4, 0.5) is 4.39 Å². The molecule has 3 aromatic rings. The first-order chi connectivity index (χ1) is 13.7. The molecule has 5 nitrogen and oxygen atoms in total. The van der Waals surface area contributed by atoms with Crippen molar-refractivity contribution < 1.29 is 18.7 Å². The summed E-state index contributed by atoms with van der Waals surface area (Å²) in [5.41, 5.74) is 4.59. The molecule has 0 unspecified atom stereocenters. The summed E-state index contributed by atoms with van der Waals surface area (Å²) in [4.78, 5) is 12.0. The van der Waals surface area contributed by atoms with E-state index in [0.29, 0.717) is 17.1 Å². The highest BCUT2D eigenvalue weighted by Gasteiger charge is 2.06. The van der Waals surface area contributed by atoms with E-state index in [4.69, 9.17) is 9.47 Å². The van der Waals surface area contributed by atoms with E-state index in [2.05, 4.69) is 10.5 Å². The Kier molecular flexibility index (Phi) is 6.36. The Morgan fingerprint density at radius 3 is 2.54 bits per heavy atom. The van der Waals surface area contributed by atoms with Crippen molar-refractivity contribution >= 4 is 12.1 Å². The van der Waals surface area contributed by atoms with E-state index >= 15 is 0 Å². The first-order valence-corrected chi connectivity index (χ1v) is 8.59. The minimum atomic E-state index is -0.319. The lowest BCUT2D eigenvalue weighted by Crippen LogP contribution is -2.17. The minimum absolute atomic E-state index is 0.243. The summed E-state index contributed by atoms with van der Waals surface area (Å²) in [7, 11) is 1.57. The summed E-state index contributed by atoms with van der Waals surface area (Å²) in [6.07, 6.45) is 1.54. The van der Waals surface area contributed by atoms with Gasteiger partial charge in [0, 0.05) is 11.1 Å². The minimum Gasteiger partial charge on any atom is -0.496 e. The maximum Gasteiger partial charge on any atom is 0.271 e. The average Bonchev–Trinajstić information content (AvgIpc) is 2.74. The number of methoxy groups -OCH3 is 1. The number of carbonyl (C=O) groups excluding carboxylic acids is 1. The molecule has 0 aliphatic rings. The molecule has 3 aromatic carbocycles. The molecule has 0 bridgehead atoms. The second-order valence-corrected chi connectivity index (χ2v) is 5.88. The van der Waals surface area contributed by atoms with Crippen LogP contribution < -0.4 is 14.9 Å². The van der Waals surface area contributed by atoms with E-state index < -0.39 is 0 Å². The van der Waals surface area contributed by atoms with Crippen LogP contribution in [0.5, 0.6) is 11.5 Å². The monoisotopic (exact) mass is 378 g/mol. The van der Waals surface area contributed by atoms with Crippen LogP contribution in [0.3, 0.4) is 0 Å². The molecule has 142 valence electrons. The van der Waals surface area contributed by atoms with Gasteiger partial charge in [-0.25, -0.2) is 9.82 Å². The van der Waals surface area contributed by atoms with E-state index in [9.17, 15) is 9.18 Å². The van der Waals surface area contributed by atoms with Gasteiger partial charge in [-0.15, -0.1) is 0 Å². The Bertz CT molecular complexity index is 957. The third-order valence-corrected chi connectivity index (χ3v) is 3.93. The van der Waals surface area contributed by atoms with Crippen molar-refractivity contribution in [3.05, 3.63) is 95.3 Å². The molecular formula is C22H19FN2O3. The zero-order valence-corrected chi connectivity index (χ0v) is 15.3. The molecule has 0 heterocycles. The van der Waals surface area contributed by atoms with E-state index in [1.807, 2.05) is 18.2 Å². The predicted molar refractivity (Wildman–Crippen MR) is 105 cm³/mol. The van der Waals surface area contributed by atoms with E-state index in [1.165, 1.54) is 12.1 Å². The fourth-order valence-electron chi connectivity index (χ4n) is 2.50. The zero-order chi connectivity index (χ0) is 19.8. The van der Waals surface area contributed by atoms with Crippen molar-refractivity contribution in [2.45, 2.75) is 6.61 Å². The van der Waals surface area contributed by atoms with Crippen LogP contribution in [0.25, 0.3) is 0 Å². The second-order valence-electron chi connectivity index (χ2n) is 5.88. The van der Waals surface area contributed by atoms with Gasteiger partial charge in [0.25, 0.3) is 5.91 Å². The van der Waals surface area contributed by atoms with Crippen LogP contribution in [-0.4, -0.2) is 19.2 Å². The molecule has 0 fully saturated rings. The van der Waals surface area contributed by atoms with E-state index in [0.717, 1.165) is 11.1 Å². The van der Waals surface area contributed by atoms with Gasteiger partial charge in [0.15, 0.2) is 0 Å². The first kappa shape index (κ1) is 19.1. The number of amides is 1. The van der Waals surface area contributed by atoms with Gasteiger partial charge in [-0.1, -0.05) is 18.2 Å². The van der Waals surface area contributed by atoms with Gasteiger partial charge >= 0.3 is 0 Å². The molecule has 0 spiro atoms. The van der Waals surface area contributed by atoms with Crippen LogP contribution in [0.1, 0.15) is 21.5 Å². The third kappa shape index (κ3) is 5.17. The quantitative estimate of drug-likeness (QED) is 0.496. The lowest BCUT2D eigenvalue weighted by atomic mass is 10.1. The largest absolute Gasteiger partial charge is 0.496 e. The van der Waals surface area contributed by atoms with Crippen LogP contribution in [0, 0.1) is 5.82 Å². The predicted octanol–water partition coefficient (Wildman–Crippen LogP) is 4.18. The highest BCUT2D eigenvalue weighted by atomic mass is 19.1. The Balaban J connectivity index is 1.66. The lowest BCUT2D eigenvalue weighted by molar-refractivity contribution is 0.0955. The highest BCUT2D eigenvalue weighted by molar-refractivity contribution is 5.94. The van der Waals surface area contributed by atoms with Gasteiger partial charge in [-0.05, 0) is 60.2 Å². The van der Waals surface area contributed by atoms with Gasteiger partial charge in [0.05, 0.1) is 13.3 Å². The average molecular weight is 378 g/mol. The third-order valence-electron chi connectivity index (χ3n) is 3.93. The smallest absolute Gasteiger partial charge is 0.271 e. The molecule has 0 radical (unpaired) electrons. The molecule has 0 aromatic heterocycles. The maximum atomic E-state index is 13.0. The number of halogens is 1. The van der Waals surface area contributed by atoms with Crippen molar-refractivity contribution in [2.75, 3.05) is 7.11 Å². The molecular weight excluding hydrogens is 359 g/mol. The SMILES string of the molecule is COc1ccc(C=NNC(=O)c2ccccc2)cc1COc1ccc(F)cc1. The fraction of sp³-hybridized carbons (Fsp3) is 0.0909. The molecule has 0 saturated carbocycles. The summed E-state index contributed by atoms with van der Waals surface area (Å²) in [5.74, 6) is 0.608. The second kappa shape index (κ2) is 9.32. The Morgan fingerprint density at radius 1 is 1.07 bits per heavy atom. The number of hydrazone groups is 1. The van der Waals surface area contributed by atoms with Crippen LogP contribution >= 0.6 is 0 Å². The molecule has 1 N–H and O–H groups in total. The van der Waals surface area contributed by atoms with Crippen LogP contribution in [-0.2, 0) is 6.61 Å². The van der Waals surface area contributed by atoms with Crippen LogP contribution in [0.2, 0.25) is 0 Å². The van der Waals surface area contributed by atoms with Crippen molar-refractivity contribution in [3.8, 4) is 11.5 Å². The van der Waals surface area contributed by atoms with E-state index in [1.54, 1.807) is 55.8 Å². The Labute approximate surface area is 162 Å². The molecule has 0 aliphatic heterocycles. The van der Waals surface area contributed by atoms with Gasteiger partial charge in [0.1, 0.15) is 23.9 Å². The number of carbonyl (C=O) groups is 1. The number of nitrogens with zero attached hydrogens (tertiary/aromatic N) is 1. The topological polar surface area (TPSA) is 59.9 Å². The van der Waals surface area contributed by atoms with Gasteiger partial charge < -0.3 is 9.47 Å². The highest BCUT2D eigenvalue weighted by Crippen LogP contribution is 2.22. The number of benzene rings is 3. The lowest BCUT2D eigenvalue weighted by Gasteiger charge is -2.11. The van der Waals surface area contributed by atoms with E-state index in [-0.39, 0.29) is 18.3 Å². The van der Waals surface area contributed by atoms with Crippen molar-refractivity contribution in [2.24, 2.45) is 5.10 Å². The summed E-state index contributed by atoms with van der Waals surface area (Å²) in [5, 5.41) is 3.99. The normalized spacial score (nSPS) is 10.6. The molecule has 0 atom stereocenters. The Hall–Kier alpha value is -3.67. The molecule has 0 aliphatic carbocycles. The number of nitrogens with one attached hydrogen (secondary N) is 1.